The molecule has 0 spiro atoms. The summed E-state index contributed by atoms with van der Waals surface area (Å²) in [4.78, 5) is 0. The van der Waals surface area contributed by atoms with Crippen molar-refractivity contribution < 1.29 is 13.5 Å². The first-order valence-corrected chi connectivity index (χ1v) is 8.28. The molecule has 0 aromatic heterocycles. The van der Waals surface area contributed by atoms with Gasteiger partial charge in [-0.25, -0.2) is 8.42 Å². The first kappa shape index (κ1) is 14.1. The zero-order valence-electron chi connectivity index (χ0n) is 9.64. The lowest BCUT2D eigenvalue weighted by Gasteiger charge is -2.15. The molecule has 0 saturated carbocycles. The number of aliphatic hydroxyl groups excluding tert-OH is 1. The summed E-state index contributed by atoms with van der Waals surface area (Å²) in [5, 5.41) is 10.9. The van der Waals surface area contributed by atoms with Crippen molar-refractivity contribution in [3.8, 4) is 0 Å². The Hall–Kier alpha value is -0.290. The fourth-order valence-electron chi connectivity index (χ4n) is 2.23. The summed E-state index contributed by atoms with van der Waals surface area (Å²) in [5.74, 6) is 0.427. The first-order valence-electron chi connectivity index (χ1n) is 5.71. The Morgan fingerprint density at radius 3 is 2.61 bits per heavy atom. The average molecular weight is 309 g/mol. The normalized spacial score (nSPS) is 24.1. The summed E-state index contributed by atoms with van der Waals surface area (Å²) >= 11 is 11.7. The van der Waals surface area contributed by atoms with Crippen LogP contribution >= 0.6 is 23.2 Å². The summed E-state index contributed by atoms with van der Waals surface area (Å²) in [6.07, 6.45) is 0.371. The van der Waals surface area contributed by atoms with Gasteiger partial charge in [0, 0.05) is 0 Å². The van der Waals surface area contributed by atoms with Crippen molar-refractivity contribution in [2.24, 2.45) is 5.92 Å². The zero-order valence-corrected chi connectivity index (χ0v) is 12.0. The van der Waals surface area contributed by atoms with E-state index in [4.69, 9.17) is 23.2 Å². The molecule has 0 aliphatic carbocycles. The molecular formula is C12H14Cl2O3S. The largest absolute Gasteiger partial charge is 0.388 e. The van der Waals surface area contributed by atoms with Gasteiger partial charge < -0.3 is 5.11 Å². The van der Waals surface area contributed by atoms with Gasteiger partial charge in [-0.05, 0) is 36.5 Å². The minimum absolute atomic E-state index is 0.0273. The molecule has 1 aliphatic rings. The van der Waals surface area contributed by atoms with Crippen LogP contribution in [-0.2, 0) is 9.84 Å². The topological polar surface area (TPSA) is 54.4 Å². The predicted octanol–water partition coefficient (Wildman–Crippen LogP) is 2.85. The van der Waals surface area contributed by atoms with Gasteiger partial charge in [0.2, 0.25) is 0 Å². The van der Waals surface area contributed by atoms with Gasteiger partial charge in [-0.3, -0.25) is 0 Å². The van der Waals surface area contributed by atoms with Crippen LogP contribution in [0.3, 0.4) is 0 Å². The zero-order chi connectivity index (χ0) is 13.3. The quantitative estimate of drug-likeness (QED) is 0.934. The molecule has 1 aromatic carbocycles. The predicted molar refractivity (Wildman–Crippen MR) is 72.8 cm³/mol. The maximum absolute atomic E-state index is 11.3. The third-order valence-corrected chi connectivity index (χ3v) is 5.79. The minimum atomic E-state index is -2.90. The van der Waals surface area contributed by atoms with E-state index in [0.29, 0.717) is 28.5 Å². The van der Waals surface area contributed by atoms with Crippen LogP contribution < -0.4 is 0 Å². The van der Waals surface area contributed by atoms with Crippen molar-refractivity contribution in [2.75, 3.05) is 11.5 Å². The second-order valence-electron chi connectivity index (χ2n) is 4.69. The van der Waals surface area contributed by atoms with Gasteiger partial charge in [0.15, 0.2) is 9.84 Å². The number of rotatable bonds is 3. The third kappa shape index (κ3) is 3.38. The Labute approximate surface area is 117 Å². The monoisotopic (exact) mass is 308 g/mol. The molecule has 3 nitrogen and oxygen atoms in total. The molecule has 0 radical (unpaired) electrons. The SMILES string of the molecule is O=S1(=O)CCC(CC(O)c2ccc(Cl)c(Cl)c2)C1. The minimum Gasteiger partial charge on any atom is -0.388 e. The molecule has 2 atom stereocenters. The molecule has 0 bridgehead atoms. The molecule has 2 rings (SSSR count). The summed E-state index contributed by atoms with van der Waals surface area (Å²) in [6.45, 7) is 0. The number of halogens is 2. The second-order valence-corrected chi connectivity index (χ2v) is 7.74. The van der Waals surface area contributed by atoms with Crippen LogP contribution in [0.5, 0.6) is 0 Å². The molecule has 1 aromatic rings. The molecule has 100 valence electrons. The Bertz CT molecular complexity index is 542. The van der Waals surface area contributed by atoms with Gasteiger partial charge in [0.1, 0.15) is 0 Å². The van der Waals surface area contributed by atoms with E-state index in [2.05, 4.69) is 0 Å². The van der Waals surface area contributed by atoms with Crippen molar-refractivity contribution in [3.05, 3.63) is 33.8 Å². The Kier molecular flexibility index (Phi) is 4.22. The highest BCUT2D eigenvalue weighted by Crippen LogP contribution is 2.31. The highest BCUT2D eigenvalue weighted by molar-refractivity contribution is 7.91. The molecule has 1 heterocycles. The molecule has 2 unspecified atom stereocenters. The van der Waals surface area contributed by atoms with Gasteiger partial charge in [-0.15, -0.1) is 0 Å². The maximum atomic E-state index is 11.3. The smallest absolute Gasteiger partial charge is 0.150 e. The van der Waals surface area contributed by atoms with Crippen LogP contribution in [0.15, 0.2) is 18.2 Å². The molecule has 1 aliphatic heterocycles. The Morgan fingerprint density at radius 2 is 2.06 bits per heavy atom. The van der Waals surface area contributed by atoms with Crippen molar-refractivity contribution >= 4 is 33.0 Å². The molecule has 1 saturated heterocycles. The standard InChI is InChI=1S/C12H14Cl2O3S/c13-10-2-1-9(6-11(10)14)12(15)5-8-3-4-18(16,17)7-8/h1-2,6,8,12,15H,3-5,7H2. The Morgan fingerprint density at radius 1 is 1.33 bits per heavy atom. The summed E-state index contributed by atoms with van der Waals surface area (Å²) in [7, 11) is -2.90. The lowest BCUT2D eigenvalue weighted by molar-refractivity contribution is 0.149. The average Bonchev–Trinajstić information content (AvgIpc) is 2.62. The van der Waals surface area contributed by atoms with Crippen LogP contribution in [0.1, 0.15) is 24.5 Å². The lowest BCUT2D eigenvalue weighted by atomic mass is 9.96. The van der Waals surface area contributed by atoms with Gasteiger partial charge in [0.05, 0.1) is 27.7 Å². The highest BCUT2D eigenvalue weighted by atomic mass is 35.5. The van der Waals surface area contributed by atoms with E-state index < -0.39 is 15.9 Å². The summed E-state index contributed by atoms with van der Waals surface area (Å²) in [6, 6.07) is 4.97. The number of benzene rings is 1. The van der Waals surface area contributed by atoms with Crippen molar-refractivity contribution in [2.45, 2.75) is 18.9 Å². The first-order chi connectivity index (χ1) is 8.37. The molecule has 18 heavy (non-hydrogen) atoms. The number of hydrogen-bond acceptors (Lipinski definition) is 3. The van der Waals surface area contributed by atoms with Crippen molar-refractivity contribution in [1.82, 2.24) is 0 Å². The van der Waals surface area contributed by atoms with Gasteiger partial charge in [-0.2, -0.15) is 0 Å². The van der Waals surface area contributed by atoms with E-state index >= 15 is 0 Å². The summed E-state index contributed by atoms with van der Waals surface area (Å²) < 4.78 is 22.7. The van der Waals surface area contributed by atoms with Crippen LogP contribution in [0.25, 0.3) is 0 Å². The van der Waals surface area contributed by atoms with Crippen LogP contribution in [-0.4, -0.2) is 25.0 Å². The summed E-state index contributed by atoms with van der Waals surface area (Å²) in [5.41, 5.74) is 0.675. The molecule has 0 amide bonds. The molecule has 6 heteroatoms. The molecular weight excluding hydrogens is 295 g/mol. The van der Waals surface area contributed by atoms with Crippen molar-refractivity contribution in [1.29, 1.82) is 0 Å². The van der Waals surface area contributed by atoms with Gasteiger partial charge >= 0.3 is 0 Å². The highest BCUT2D eigenvalue weighted by Gasteiger charge is 2.29. The number of sulfone groups is 1. The Balaban J connectivity index is 2.04. The lowest BCUT2D eigenvalue weighted by Crippen LogP contribution is -2.09. The van der Waals surface area contributed by atoms with Gasteiger partial charge in [-0.1, -0.05) is 29.3 Å². The van der Waals surface area contributed by atoms with Crippen molar-refractivity contribution in [3.63, 3.8) is 0 Å². The van der Waals surface area contributed by atoms with E-state index in [-0.39, 0.29) is 17.4 Å². The van der Waals surface area contributed by atoms with Crippen LogP contribution in [0, 0.1) is 5.92 Å². The van der Waals surface area contributed by atoms with Crippen LogP contribution in [0.4, 0.5) is 0 Å². The maximum Gasteiger partial charge on any atom is 0.150 e. The fraction of sp³-hybridized carbons (Fsp3) is 0.500. The van der Waals surface area contributed by atoms with E-state index in [0.717, 1.165) is 0 Å². The van der Waals surface area contributed by atoms with E-state index in [9.17, 15) is 13.5 Å². The van der Waals surface area contributed by atoms with Crippen LogP contribution in [0.2, 0.25) is 10.0 Å². The van der Waals surface area contributed by atoms with E-state index in [1.54, 1.807) is 18.2 Å². The van der Waals surface area contributed by atoms with E-state index in [1.807, 2.05) is 0 Å². The molecule has 1 N–H and O–H groups in total. The van der Waals surface area contributed by atoms with Gasteiger partial charge in [0.25, 0.3) is 0 Å². The molecule has 1 fully saturated rings. The van der Waals surface area contributed by atoms with E-state index in [1.165, 1.54) is 0 Å². The third-order valence-electron chi connectivity index (χ3n) is 3.21. The number of aliphatic hydroxyl groups is 1. The number of hydrogen-bond donors (Lipinski definition) is 1. The second kappa shape index (κ2) is 5.37. The fourth-order valence-corrected chi connectivity index (χ4v) is 4.42.